The minimum absolute atomic E-state index is 0.00277. The minimum Gasteiger partial charge on any atom is -0.445 e. The van der Waals surface area contributed by atoms with Gasteiger partial charge in [0.05, 0.1) is 5.60 Å². The summed E-state index contributed by atoms with van der Waals surface area (Å²) in [5.41, 5.74) is 1.74. The first-order valence-corrected chi connectivity index (χ1v) is 9.77. The Morgan fingerprint density at radius 2 is 1.89 bits per heavy atom. The van der Waals surface area contributed by atoms with Crippen LogP contribution in [0.2, 0.25) is 0 Å². The van der Waals surface area contributed by atoms with Crippen LogP contribution in [0.15, 0.2) is 61.1 Å². The first kappa shape index (κ1) is 17.3. The van der Waals surface area contributed by atoms with Gasteiger partial charge in [-0.15, -0.1) is 0 Å². The summed E-state index contributed by atoms with van der Waals surface area (Å²) in [5, 5.41) is 11.4. The van der Waals surface area contributed by atoms with Crippen LogP contribution in [0.3, 0.4) is 0 Å². The third-order valence-electron chi connectivity index (χ3n) is 6.12. The van der Waals surface area contributed by atoms with Gasteiger partial charge in [-0.2, -0.15) is 0 Å². The number of rotatable bonds is 3. The van der Waals surface area contributed by atoms with E-state index in [1.54, 1.807) is 6.20 Å². The molecule has 2 aliphatic rings. The number of carbonyl (C=O) groups is 1. The van der Waals surface area contributed by atoms with Crippen molar-refractivity contribution in [3.8, 4) is 0 Å². The molecule has 28 heavy (non-hydrogen) atoms. The van der Waals surface area contributed by atoms with Crippen molar-refractivity contribution in [2.75, 3.05) is 0 Å². The molecule has 0 saturated carbocycles. The number of hydrogen-bond acceptors (Lipinski definition) is 4. The van der Waals surface area contributed by atoms with E-state index in [9.17, 15) is 9.90 Å². The zero-order valence-electron chi connectivity index (χ0n) is 15.6. The number of benzene rings is 1. The highest BCUT2D eigenvalue weighted by atomic mass is 16.6. The highest BCUT2D eigenvalue weighted by molar-refractivity contribution is 5.69. The second-order valence-electron chi connectivity index (χ2n) is 7.88. The van der Waals surface area contributed by atoms with Gasteiger partial charge in [0.15, 0.2) is 0 Å². The Balaban J connectivity index is 1.32. The Morgan fingerprint density at radius 1 is 1.14 bits per heavy atom. The second-order valence-corrected chi connectivity index (χ2v) is 7.88. The number of hydrogen-bond donors (Lipinski definition) is 1. The molecule has 2 fully saturated rings. The number of pyridine rings is 1. The van der Waals surface area contributed by atoms with Crippen LogP contribution in [0, 0.1) is 0 Å². The number of nitrogens with zero attached hydrogens (tertiary/aromatic N) is 3. The quantitative estimate of drug-likeness (QED) is 0.759. The molecule has 2 atom stereocenters. The van der Waals surface area contributed by atoms with Crippen LogP contribution >= 0.6 is 0 Å². The van der Waals surface area contributed by atoms with E-state index >= 15 is 0 Å². The van der Waals surface area contributed by atoms with Crippen molar-refractivity contribution in [2.45, 2.75) is 50.0 Å². The summed E-state index contributed by atoms with van der Waals surface area (Å²) < 4.78 is 7.49. The lowest BCUT2D eigenvalue weighted by Gasteiger charge is -2.43. The molecule has 2 aromatic heterocycles. The third kappa shape index (κ3) is 2.94. The molecule has 1 aromatic carbocycles. The first-order chi connectivity index (χ1) is 13.6. The molecule has 1 N–H and O–H groups in total. The van der Waals surface area contributed by atoms with Crippen molar-refractivity contribution >= 4 is 11.7 Å². The molecule has 144 valence electrons. The van der Waals surface area contributed by atoms with Crippen molar-refractivity contribution in [2.24, 2.45) is 0 Å². The summed E-state index contributed by atoms with van der Waals surface area (Å²) in [5.74, 6) is 0. The molecule has 2 aliphatic heterocycles. The number of aromatic nitrogens is 2. The molecule has 0 aliphatic carbocycles. The van der Waals surface area contributed by atoms with Gasteiger partial charge in [0, 0.05) is 43.5 Å². The van der Waals surface area contributed by atoms with Gasteiger partial charge in [0.2, 0.25) is 0 Å². The summed E-state index contributed by atoms with van der Waals surface area (Å²) in [6.07, 6.45) is 8.15. The average Bonchev–Trinajstić information content (AvgIpc) is 3.29. The van der Waals surface area contributed by atoms with E-state index in [1.807, 2.05) is 64.2 Å². The van der Waals surface area contributed by atoms with E-state index in [1.165, 1.54) is 0 Å². The van der Waals surface area contributed by atoms with Crippen LogP contribution in [0.4, 0.5) is 4.79 Å². The predicted molar refractivity (Wildman–Crippen MR) is 104 cm³/mol. The van der Waals surface area contributed by atoms with Crippen LogP contribution in [-0.4, -0.2) is 37.6 Å². The van der Waals surface area contributed by atoms with Gasteiger partial charge < -0.3 is 19.1 Å². The Hall–Kier alpha value is -2.86. The predicted octanol–water partition coefficient (Wildman–Crippen LogP) is 3.49. The number of amides is 1. The van der Waals surface area contributed by atoms with Gasteiger partial charge in [-0.3, -0.25) is 0 Å². The third-order valence-corrected chi connectivity index (χ3v) is 6.12. The van der Waals surface area contributed by atoms with Gasteiger partial charge in [-0.1, -0.05) is 30.3 Å². The summed E-state index contributed by atoms with van der Waals surface area (Å²) >= 11 is 0. The summed E-state index contributed by atoms with van der Waals surface area (Å²) in [6, 6.07) is 13.6. The smallest absolute Gasteiger partial charge is 0.410 e. The monoisotopic (exact) mass is 377 g/mol. The molecule has 4 heterocycles. The van der Waals surface area contributed by atoms with Crippen LogP contribution in [0.1, 0.15) is 36.8 Å². The van der Waals surface area contributed by atoms with Gasteiger partial charge in [-0.25, -0.2) is 9.78 Å². The first-order valence-electron chi connectivity index (χ1n) is 9.77. The van der Waals surface area contributed by atoms with Gasteiger partial charge in [0.25, 0.3) is 0 Å². The van der Waals surface area contributed by atoms with E-state index in [4.69, 9.17) is 4.74 Å². The molecule has 2 unspecified atom stereocenters. The van der Waals surface area contributed by atoms with E-state index in [2.05, 4.69) is 4.98 Å². The van der Waals surface area contributed by atoms with Gasteiger partial charge in [0.1, 0.15) is 12.3 Å². The molecule has 0 radical (unpaired) electrons. The molecule has 6 heteroatoms. The van der Waals surface area contributed by atoms with E-state index in [-0.39, 0.29) is 24.8 Å². The van der Waals surface area contributed by atoms with E-state index in [0.717, 1.165) is 29.6 Å². The standard InChI is InChI=1S/C22H23N3O3/c26-21(28-15-16-4-2-1-3-5-16)25-18-6-7-19(25)14-22(27,13-18)17-8-10-24-11-9-23-20(24)12-17/h1-5,8-12,18-19,27H,6-7,13-15H2. The number of aliphatic hydroxyl groups is 1. The van der Waals surface area contributed by atoms with Crippen molar-refractivity contribution < 1.29 is 14.6 Å². The fourth-order valence-corrected chi connectivity index (χ4v) is 4.75. The van der Waals surface area contributed by atoms with Crippen molar-refractivity contribution in [3.63, 3.8) is 0 Å². The Morgan fingerprint density at radius 3 is 2.64 bits per heavy atom. The molecule has 0 spiro atoms. The lowest BCUT2D eigenvalue weighted by molar-refractivity contribution is -0.0536. The zero-order valence-corrected chi connectivity index (χ0v) is 15.6. The van der Waals surface area contributed by atoms with Gasteiger partial charge >= 0.3 is 6.09 Å². The summed E-state index contributed by atoms with van der Waals surface area (Å²) in [6.45, 7) is 0.274. The molecular weight excluding hydrogens is 354 g/mol. The minimum atomic E-state index is -0.935. The van der Waals surface area contributed by atoms with Crippen LogP contribution < -0.4 is 0 Å². The fourth-order valence-electron chi connectivity index (χ4n) is 4.75. The number of ether oxygens (including phenoxy) is 1. The Labute approximate surface area is 163 Å². The maximum atomic E-state index is 12.7. The van der Waals surface area contributed by atoms with Crippen molar-refractivity contribution in [1.29, 1.82) is 0 Å². The van der Waals surface area contributed by atoms with E-state index < -0.39 is 5.60 Å². The van der Waals surface area contributed by atoms with Crippen LogP contribution in [0.5, 0.6) is 0 Å². The molecular formula is C22H23N3O3. The Bertz CT molecular complexity index is 986. The van der Waals surface area contributed by atoms with Crippen molar-refractivity contribution in [1.82, 2.24) is 14.3 Å². The van der Waals surface area contributed by atoms with Crippen LogP contribution in [-0.2, 0) is 16.9 Å². The maximum Gasteiger partial charge on any atom is 0.410 e. The van der Waals surface area contributed by atoms with E-state index in [0.29, 0.717) is 12.8 Å². The highest BCUT2D eigenvalue weighted by Gasteiger charge is 2.50. The highest BCUT2D eigenvalue weighted by Crippen LogP contribution is 2.46. The number of imidazole rings is 1. The maximum absolute atomic E-state index is 12.7. The summed E-state index contributed by atoms with van der Waals surface area (Å²) in [4.78, 5) is 18.9. The topological polar surface area (TPSA) is 67.1 Å². The molecule has 5 rings (SSSR count). The molecule has 3 aromatic rings. The largest absolute Gasteiger partial charge is 0.445 e. The lowest BCUT2D eigenvalue weighted by Crippen LogP contribution is -2.52. The zero-order chi connectivity index (χ0) is 19.1. The number of piperidine rings is 1. The normalized spacial score (nSPS) is 26.5. The van der Waals surface area contributed by atoms with Crippen molar-refractivity contribution in [3.05, 3.63) is 72.2 Å². The SMILES string of the molecule is O=C(OCc1ccccc1)N1C2CCC1CC(O)(c1ccn3ccnc3c1)C2. The number of carbonyl (C=O) groups excluding carboxylic acids is 1. The fraction of sp³-hybridized carbons (Fsp3) is 0.364. The number of fused-ring (bicyclic) bond motifs is 3. The molecule has 6 nitrogen and oxygen atoms in total. The second kappa shape index (κ2) is 6.63. The lowest BCUT2D eigenvalue weighted by atomic mass is 9.81. The average molecular weight is 377 g/mol. The molecule has 2 bridgehead atoms. The van der Waals surface area contributed by atoms with Crippen LogP contribution in [0.25, 0.3) is 5.65 Å². The van der Waals surface area contributed by atoms with Gasteiger partial charge in [-0.05, 0) is 36.1 Å². The molecule has 2 saturated heterocycles. The molecule has 1 amide bonds. The Kier molecular flexibility index (Phi) is 4.09. The summed E-state index contributed by atoms with van der Waals surface area (Å²) in [7, 11) is 0.